The van der Waals surface area contributed by atoms with Gasteiger partial charge in [-0.1, -0.05) is 32.9 Å². The Bertz CT molecular complexity index is 381. The molecule has 17 heavy (non-hydrogen) atoms. The third-order valence-electron chi connectivity index (χ3n) is 2.71. The number of carbonyl (C=O) groups is 1. The molecule has 1 rings (SSSR count). The van der Waals surface area contributed by atoms with Crippen LogP contribution in [0.4, 0.5) is 0 Å². The third kappa shape index (κ3) is 4.22. The third-order valence-corrected chi connectivity index (χ3v) is 2.71. The summed E-state index contributed by atoms with van der Waals surface area (Å²) in [6.07, 6.45) is 1.48. The van der Waals surface area contributed by atoms with Crippen LogP contribution in [-0.4, -0.2) is 12.4 Å². The second-order valence-corrected chi connectivity index (χ2v) is 4.77. The van der Waals surface area contributed by atoms with Gasteiger partial charge >= 0.3 is 0 Å². The lowest BCUT2D eigenvalue weighted by atomic mass is 10.0. The van der Waals surface area contributed by atoms with E-state index >= 15 is 0 Å². The van der Waals surface area contributed by atoms with Gasteiger partial charge in [0.25, 0.3) is 0 Å². The zero-order valence-corrected chi connectivity index (χ0v) is 11.2. The van der Waals surface area contributed by atoms with E-state index < -0.39 is 0 Å². The number of benzene rings is 1. The van der Waals surface area contributed by atoms with Gasteiger partial charge in [-0.25, -0.2) is 0 Å². The zero-order valence-electron chi connectivity index (χ0n) is 11.2. The van der Waals surface area contributed by atoms with Gasteiger partial charge in [0.15, 0.2) is 5.78 Å². The van der Waals surface area contributed by atoms with Crippen molar-refractivity contribution >= 4 is 5.78 Å². The first-order valence-corrected chi connectivity index (χ1v) is 6.29. The van der Waals surface area contributed by atoms with Crippen molar-refractivity contribution in [1.29, 1.82) is 0 Å². The van der Waals surface area contributed by atoms with Crippen molar-refractivity contribution in [3.05, 3.63) is 29.3 Å². The maximum absolute atomic E-state index is 11.5. The summed E-state index contributed by atoms with van der Waals surface area (Å²) in [6, 6.07) is 6.17. The first-order chi connectivity index (χ1) is 8.04. The molecule has 0 spiro atoms. The second kappa shape index (κ2) is 6.43. The molecule has 1 aromatic rings. The fourth-order valence-corrected chi connectivity index (χ4v) is 1.75. The number of rotatable bonds is 6. The number of carbonyl (C=O) groups excluding carboxylic acids is 1. The summed E-state index contributed by atoms with van der Waals surface area (Å²) >= 11 is 0. The van der Waals surface area contributed by atoms with Crippen LogP contribution < -0.4 is 4.74 Å². The number of ether oxygens (including phenoxy) is 1. The number of Topliss-reactive ketones (excluding diaryl/α,β-unsaturated/α-hetero) is 1. The fourth-order valence-electron chi connectivity index (χ4n) is 1.75. The van der Waals surface area contributed by atoms with E-state index in [9.17, 15) is 4.79 Å². The molecular formula is C15H22O2. The summed E-state index contributed by atoms with van der Waals surface area (Å²) < 4.78 is 5.64. The lowest BCUT2D eigenvalue weighted by molar-refractivity contribution is -0.121. The highest BCUT2D eigenvalue weighted by atomic mass is 16.5. The maximum Gasteiger partial charge on any atom is 0.170 e. The molecule has 0 bridgehead atoms. The van der Waals surface area contributed by atoms with Crippen LogP contribution in [0, 0.1) is 6.92 Å². The van der Waals surface area contributed by atoms with E-state index in [-0.39, 0.29) is 12.4 Å². The Kier molecular flexibility index (Phi) is 5.20. The lowest BCUT2D eigenvalue weighted by Gasteiger charge is -2.14. The molecule has 0 saturated heterocycles. The molecule has 0 aromatic heterocycles. The molecule has 0 heterocycles. The molecule has 0 radical (unpaired) electrons. The molecule has 1 aromatic carbocycles. The van der Waals surface area contributed by atoms with Crippen molar-refractivity contribution < 1.29 is 9.53 Å². The van der Waals surface area contributed by atoms with Crippen LogP contribution in [0.5, 0.6) is 5.75 Å². The average molecular weight is 234 g/mol. The fraction of sp³-hybridized carbons (Fsp3) is 0.533. The van der Waals surface area contributed by atoms with Crippen LogP contribution in [0.2, 0.25) is 0 Å². The molecule has 2 nitrogen and oxygen atoms in total. The predicted octanol–water partition coefficient (Wildman–Crippen LogP) is 3.87. The van der Waals surface area contributed by atoms with Crippen molar-refractivity contribution in [2.24, 2.45) is 0 Å². The standard InChI is InChI=1S/C15H22O2/c1-5-6-13(16)10-17-15-9-12(4)7-8-14(15)11(2)3/h7-9,11H,5-6,10H2,1-4H3. The van der Waals surface area contributed by atoms with Gasteiger partial charge < -0.3 is 4.74 Å². The molecule has 0 atom stereocenters. The van der Waals surface area contributed by atoms with Gasteiger partial charge in [-0.15, -0.1) is 0 Å². The highest BCUT2D eigenvalue weighted by Crippen LogP contribution is 2.27. The molecular weight excluding hydrogens is 212 g/mol. The molecule has 0 aliphatic heterocycles. The molecule has 94 valence electrons. The SMILES string of the molecule is CCCC(=O)COc1cc(C)ccc1C(C)C. The lowest BCUT2D eigenvalue weighted by Crippen LogP contribution is -2.11. The van der Waals surface area contributed by atoms with Crippen molar-refractivity contribution in [1.82, 2.24) is 0 Å². The van der Waals surface area contributed by atoms with Crippen molar-refractivity contribution in [2.75, 3.05) is 6.61 Å². The summed E-state index contributed by atoms with van der Waals surface area (Å²) in [6.45, 7) is 8.49. The number of hydrogen-bond acceptors (Lipinski definition) is 2. The van der Waals surface area contributed by atoms with Crippen LogP contribution in [0.25, 0.3) is 0 Å². The molecule has 0 amide bonds. The first-order valence-electron chi connectivity index (χ1n) is 6.29. The van der Waals surface area contributed by atoms with Crippen LogP contribution >= 0.6 is 0 Å². The van der Waals surface area contributed by atoms with Gasteiger partial charge in [0.05, 0.1) is 0 Å². The summed E-state index contributed by atoms with van der Waals surface area (Å²) in [4.78, 5) is 11.5. The Morgan fingerprint density at radius 1 is 1.35 bits per heavy atom. The summed E-state index contributed by atoms with van der Waals surface area (Å²) in [5.74, 6) is 1.43. The van der Waals surface area contributed by atoms with Crippen molar-refractivity contribution in [3.8, 4) is 5.75 Å². The molecule has 0 aliphatic carbocycles. The van der Waals surface area contributed by atoms with Gasteiger partial charge in [0.2, 0.25) is 0 Å². The Balaban J connectivity index is 2.75. The van der Waals surface area contributed by atoms with Gasteiger partial charge in [-0.3, -0.25) is 4.79 Å². The second-order valence-electron chi connectivity index (χ2n) is 4.77. The minimum absolute atomic E-state index is 0.170. The number of aryl methyl sites for hydroxylation is 1. The maximum atomic E-state index is 11.5. The minimum atomic E-state index is 0.170. The highest BCUT2D eigenvalue weighted by molar-refractivity contribution is 5.79. The van der Waals surface area contributed by atoms with E-state index in [0.717, 1.165) is 17.7 Å². The summed E-state index contributed by atoms with van der Waals surface area (Å²) in [5.41, 5.74) is 2.33. The molecule has 0 aliphatic rings. The Morgan fingerprint density at radius 3 is 2.65 bits per heavy atom. The summed E-state index contributed by atoms with van der Waals surface area (Å²) in [7, 11) is 0. The zero-order chi connectivity index (χ0) is 12.8. The molecule has 0 unspecified atom stereocenters. The number of hydrogen-bond donors (Lipinski definition) is 0. The monoisotopic (exact) mass is 234 g/mol. The highest BCUT2D eigenvalue weighted by Gasteiger charge is 2.09. The average Bonchev–Trinajstić information content (AvgIpc) is 2.26. The Labute approximate surface area is 104 Å². The van der Waals surface area contributed by atoms with Crippen LogP contribution in [0.1, 0.15) is 50.7 Å². The first kappa shape index (κ1) is 13.8. The van der Waals surface area contributed by atoms with Crippen molar-refractivity contribution in [3.63, 3.8) is 0 Å². The smallest absolute Gasteiger partial charge is 0.170 e. The molecule has 0 saturated carbocycles. The molecule has 0 N–H and O–H groups in total. The van der Waals surface area contributed by atoms with Crippen molar-refractivity contribution in [2.45, 2.75) is 46.5 Å². The van der Waals surface area contributed by atoms with E-state index in [0.29, 0.717) is 12.3 Å². The van der Waals surface area contributed by atoms with Gasteiger partial charge in [0.1, 0.15) is 12.4 Å². The van der Waals surface area contributed by atoms with E-state index in [2.05, 4.69) is 26.0 Å². The van der Waals surface area contributed by atoms with E-state index in [1.54, 1.807) is 0 Å². The van der Waals surface area contributed by atoms with Gasteiger partial charge in [-0.05, 0) is 36.5 Å². The quantitative estimate of drug-likeness (QED) is 0.747. The van der Waals surface area contributed by atoms with E-state index in [1.165, 1.54) is 5.56 Å². The summed E-state index contributed by atoms with van der Waals surface area (Å²) in [5, 5.41) is 0. The van der Waals surface area contributed by atoms with E-state index in [4.69, 9.17) is 4.74 Å². The Morgan fingerprint density at radius 2 is 2.06 bits per heavy atom. The molecule has 2 heteroatoms. The Hall–Kier alpha value is -1.31. The van der Waals surface area contributed by atoms with Gasteiger partial charge in [-0.2, -0.15) is 0 Å². The van der Waals surface area contributed by atoms with Crippen LogP contribution in [0.3, 0.4) is 0 Å². The van der Waals surface area contributed by atoms with Crippen LogP contribution in [-0.2, 0) is 4.79 Å². The predicted molar refractivity (Wildman–Crippen MR) is 70.7 cm³/mol. The molecule has 0 fully saturated rings. The van der Waals surface area contributed by atoms with Crippen LogP contribution in [0.15, 0.2) is 18.2 Å². The number of ketones is 1. The van der Waals surface area contributed by atoms with E-state index in [1.807, 2.05) is 19.9 Å². The van der Waals surface area contributed by atoms with Gasteiger partial charge in [0, 0.05) is 6.42 Å². The largest absolute Gasteiger partial charge is 0.486 e. The topological polar surface area (TPSA) is 26.3 Å². The normalized spacial score (nSPS) is 10.6. The minimum Gasteiger partial charge on any atom is -0.486 e.